The van der Waals surface area contributed by atoms with Crippen molar-refractivity contribution in [3.05, 3.63) is 105 Å². The van der Waals surface area contributed by atoms with Crippen molar-refractivity contribution in [2.24, 2.45) is 11.7 Å². The van der Waals surface area contributed by atoms with Crippen molar-refractivity contribution in [1.29, 1.82) is 0 Å². The Morgan fingerprint density at radius 1 is 0.839 bits per heavy atom. The van der Waals surface area contributed by atoms with Gasteiger partial charge in [0.25, 0.3) is 0 Å². The molecule has 0 aromatic heterocycles. The molecule has 4 rings (SSSR count). The second kappa shape index (κ2) is 8.95. The highest BCUT2D eigenvalue weighted by atomic mass is 35.5. The maximum atomic E-state index is 13.7. The smallest absolute Gasteiger partial charge is 0.225 e. The molecule has 3 aromatic rings. The lowest BCUT2D eigenvalue weighted by atomic mass is 9.78. The third-order valence-corrected chi connectivity index (χ3v) is 6.20. The first-order valence-electron chi connectivity index (χ1n) is 9.82. The lowest BCUT2D eigenvalue weighted by molar-refractivity contribution is -0.122. The maximum Gasteiger partial charge on any atom is 0.225 e. The van der Waals surface area contributed by atoms with Crippen LogP contribution >= 0.6 is 23.2 Å². The van der Waals surface area contributed by atoms with E-state index < -0.39 is 23.5 Å². The molecule has 1 aliphatic rings. The number of likely N-dealkylation sites (tertiary alicyclic amines) is 1. The van der Waals surface area contributed by atoms with E-state index in [1.54, 1.807) is 0 Å². The van der Waals surface area contributed by atoms with Crippen LogP contribution in [0.25, 0.3) is 0 Å². The third-order valence-electron chi connectivity index (χ3n) is 5.70. The van der Waals surface area contributed by atoms with Gasteiger partial charge in [0, 0.05) is 35.1 Å². The number of carbonyl (C=O) groups excluding carboxylic acids is 1. The first kappa shape index (κ1) is 21.8. The van der Waals surface area contributed by atoms with Gasteiger partial charge in [0.05, 0.1) is 12.0 Å². The summed E-state index contributed by atoms with van der Waals surface area (Å²) in [7, 11) is 0. The van der Waals surface area contributed by atoms with Crippen LogP contribution in [0.15, 0.2) is 66.7 Å². The van der Waals surface area contributed by atoms with Crippen LogP contribution < -0.4 is 5.73 Å². The first-order valence-corrected chi connectivity index (χ1v) is 10.6. The molecule has 3 aromatic carbocycles. The predicted octanol–water partition coefficient (Wildman–Crippen LogP) is 5.56. The van der Waals surface area contributed by atoms with E-state index >= 15 is 0 Å². The fourth-order valence-corrected chi connectivity index (χ4v) is 4.55. The van der Waals surface area contributed by atoms with Crippen molar-refractivity contribution >= 4 is 29.1 Å². The molecule has 0 spiro atoms. The average molecular weight is 461 g/mol. The number of nitrogens with two attached hydrogens (primary N) is 1. The molecule has 1 aliphatic heterocycles. The fraction of sp³-hybridized carbons (Fsp3) is 0.208. The van der Waals surface area contributed by atoms with Crippen LogP contribution in [0, 0.1) is 17.6 Å². The topological polar surface area (TPSA) is 46.3 Å². The number of hydrogen-bond acceptors (Lipinski definition) is 2. The molecule has 7 heteroatoms. The molecule has 2 N–H and O–H groups in total. The van der Waals surface area contributed by atoms with E-state index in [9.17, 15) is 13.6 Å². The Balaban J connectivity index is 1.61. The molecule has 0 radical (unpaired) electrons. The van der Waals surface area contributed by atoms with Gasteiger partial charge < -0.3 is 5.73 Å². The average Bonchev–Trinajstić information content (AvgIpc) is 2.67. The van der Waals surface area contributed by atoms with E-state index in [2.05, 4.69) is 4.90 Å². The van der Waals surface area contributed by atoms with Gasteiger partial charge in [0.1, 0.15) is 11.6 Å². The van der Waals surface area contributed by atoms with E-state index in [4.69, 9.17) is 28.9 Å². The molecule has 0 saturated carbocycles. The Morgan fingerprint density at radius 2 is 1.29 bits per heavy atom. The predicted molar refractivity (Wildman–Crippen MR) is 118 cm³/mol. The third kappa shape index (κ3) is 4.74. The maximum absolute atomic E-state index is 13.7. The molecule has 1 fully saturated rings. The monoisotopic (exact) mass is 460 g/mol. The minimum absolute atomic E-state index is 0.0800. The van der Waals surface area contributed by atoms with Crippen LogP contribution in [0.2, 0.25) is 10.0 Å². The van der Waals surface area contributed by atoms with Crippen LogP contribution in [0.4, 0.5) is 8.78 Å². The summed E-state index contributed by atoms with van der Waals surface area (Å²) in [4.78, 5) is 14.4. The van der Waals surface area contributed by atoms with Gasteiger partial charge in [-0.25, -0.2) is 8.78 Å². The summed E-state index contributed by atoms with van der Waals surface area (Å²) in [6, 6.07) is 18.2. The second-order valence-corrected chi connectivity index (χ2v) is 8.68. The van der Waals surface area contributed by atoms with Crippen LogP contribution in [0.1, 0.15) is 28.7 Å². The summed E-state index contributed by atoms with van der Waals surface area (Å²) in [5.41, 5.74) is 7.97. The van der Waals surface area contributed by atoms with Crippen molar-refractivity contribution in [3.63, 3.8) is 0 Å². The highest BCUT2D eigenvalue weighted by molar-refractivity contribution is 6.30. The van der Waals surface area contributed by atoms with Crippen LogP contribution in [-0.4, -0.2) is 23.9 Å². The van der Waals surface area contributed by atoms with Gasteiger partial charge in [0.15, 0.2) is 0 Å². The van der Waals surface area contributed by atoms with Gasteiger partial charge in [-0.3, -0.25) is 9.69 Å². The van der Waals surface area contributed by atoms with Gasteiger partial charge >= 0.3 is 0 Å². The van der Waals surface area contributed by atoms with Gasteiger partial charge in [-0.15, -0.1) is 0 Å². The molecule has 31 heavy (non-hydrogen) atoms. The Morgan fingerprint density at radius 3 is 1.71 bits per heavy atom. The quantitative estimate of drug-likeness (QED) is 0.523. The molecule has 1 heterocycles. The normalized spacial score (nSPS) is 15.6. The Bertz CT molecular complexity index is 1020. The fourth-order valence-electron chi connectivity index (χ4n) is 4.30. The highest BCUT2D eigenvalue weighted by Gasteiger charge is 2.41. The number of benzene rings is 3. The zero-order chi connectivity index (χ0) is 22.1. The van der Waals surface area contributed by atoms with Gasteiger partial charge in [-0.05, 0) is 53.1 Å². The highest BCUT2D eigenvalue weighted by Crippen LogP contribution is 2.40. The summed E-state index contributed by atoms with van der Waals surface area (Å²) >= 11 is 12.1. The van der Waals surface area contributed by atoms with Gasteiger partial charge in [-0.2, -0.15) is 0 Å². The van der Waals surface area contributed by atoms with Crippen molar-refractivity contribution in [2.45, 2.75) is 12.0 Å². The molecular weight excluding hydrogens is 441 g/mol. The van der Waals surface area contributed by atoms with Crippen molar-refractivity contribution in [2.75, 3.05) is 13.1 Å². The molecule has 0 aliphatic carbocycles. The number of carbonyl (C=O) groups is 1. The van der Waals surface area contributed by atoms with Crippen LogP contribution in [0.3, 0.4) is 0 Å². The SMILES string of the molecule is NC(=O)[C@H](c1cc(F)cc(F)c1)C1CN(C(c2ccc(Cl)cc2)c2ccc(Cl)cc2)C1. The number of hydrogen-bond donors (Lipinski definition) is 1. The summed E-state index contributed by atoms with van der Waals surface area (Å²) in [5.74, 6) is -2.96. The standard InChI is InChI=1S/C24H20Cl2F2N2O/c25-18-5-1-14(2-6-18)23(15-3-7-19(26)8-4-15)30-12-17(13-30)22(24(29)31)16-9-20(27)11-21(28)10-16/h1-11,17,22-23H,12-13H2,(H2,29,31)/t22-/m1/s1. The molecule has 0 unspecified atom stereocenters. The number of primary amides is 1. The minimum Gasteiger partial charge on any atom is -0.369 e. The Hall–Kier alpha value is -2.47. The van der Waals surface area contributed by atoms with Crippen molar-refractivity contribution in [1.82, 2.24) is 4.90 Å². The lowest BCUT2D eigenvalue weighted by Crippen LogP contribution is -2.53. The minimum atomic E-state index is -0.766. The van der Waals surface area contributed by atoms with E-state index in [1.165, 1.54) is 12.1 Å². The van der Waals surface area contributed by atoms with Crippen LogP contribution in [0.5, 0.6) is 0 Å². The van der Waals surface area contributed by atoms with Crippen molar-refractivity contribution in [3.8, 4) is 0 Å². The first-order chi connectivity index (χ1) is 14.8. The van der Waals surface area contributed by atoms with E-state index in [1.807, 2.05) is 48.5 Å². The molecule has 1 saturated heterocycles. The van der Waals surface area contributed by atoms with E-state index in [-0.39, 0.29) is 17.5 Å². The lowest BCUT2D eigenvalue weighted by Gasteiger charge is -2.47. The summed E-state index contributed by atoms with van der Waals surface area (Å²) in [5, 5.41) is 1.28. The van der Waals surface area contributed by atoms with E-state index in [0.29, 0.717) is 23.1 Å². The van der Waals surface area contributed by atoms with Gasteiger partial charge in [0.2, 0.25) is 5.91 Å². The number of halogens is 4. The zero-order valence-electron chi connectivity index (χ0n) is 16.4. The summed E-state index contributed by atoms with van der Waals surface area (Å²) < 4.78 is 27.5. The second-order valence-electron chi connectivity index (χ2n) is 7.80. The Kier molecular flexibility index (Phi) is 6.28. The number of nitrogens with zero attached hydrogens (tertiary/aromatic N) is 1. The molecule has 1 amide bonds. The van der Waals surface area contributed by atoms with E-state index in [0.717, 1.165) is 17.2 Å². The van der Waals surface area contributed by atoms with Gasteiger partial charge in [-0.1, -0.05) is 47.5 Å². The van der Waals surface area contributed by atoms with Crippen LogP contribution in [-0.2, 0) is 4.79 Å². The summed E-state index contributed by atoms with van der Waals surface area (Å²) in [6.07, 6.45) is 0. The summed E-state index contributed by atoms with van der Waals surface area (Å²) in [6.45, 7) is 1.09. The largest absolute Gasteiger partial charge is 0.369 e. The molecule has 0 bridgehead atoms. The number of amides is 1. The number of rotatable bonds is 6. The molecule has 1 atom stereocenters. The zero-order valence-corrected chi connectivity index (χ0v) is 18.0. The molecule has 160 valence electrons. The van der Waals surface area contributed by atoms with Crippen molar-refractivity contribution < 1.29 is 13.6 Å². The molecular formula is C24H20Cl2F2N2O. The Labute approximate surface area is 189 Å². The molecule has 3 nitrogen and oxygen atoms in total.